The first kappa shape index (κ1) is 17.9. The van der Waals surface area contributed by atoms with E-state index >= 15 is 0 Å². The van der Waals surface area contributed by atoms with E-state index in [-0.39, 0.29) is 0 Å². The highest BCUT2D eigenvalue weighted by Gasteiger charge is 2.09. The van der Waals surface area contributed by atoms with Crippen LogP contribution in [0.1, 0.15) is 5.56 Å². The van der Waals surface area contributed by atoms with Gasteiger partial charge in [0, 0.05) is 31.6 Å². The molecule has 0 spiro atoms. The minimum Gasteiger partial charge on any atom is -0.383 e. The number of nitrogens with one attached hydrogen (secondary N) is 2. The Morgan fingerprint density at radius 2 is 2.07 bits per heavy atom. The smallest absolute Gasteiger partial charge is 0.155 e. The molecular formula is C18H21N9O. The number of anilines is 2. The third-order valence-electron chi connectivity index (χ3n) is 4.30. The molecule has 4 aromatic rings. The van der Waals surface area contributed by atoms with Gasteiger partial charge in [-0.3, -0.25) is 10.5 Å². The van der Waals surface area contributed by atoms with E-state index in [1.807, 2.05) is 41.3 Å². The number of methoxy groups -OCH3 is 1. The lowest BCUT2D eigenvalue weighted by Crippen LogP contribution is -2.12. The quantitative estimate of drug-likeness (QED) is 0.311. The molecule has 0 atom stereocenters. The molecule has 0 saturated carbocycles. The summed E-state index contributed by atoms with van der Waals surface area (Å²) in [6.07, 6.45) is 7.19. The van der Waals surface area contributed by atoms with Crippen molar-refractivity contribution in [1.29, 1.82) is 0 Å². The number of hydrogen-bond donors (Lipinski definition) is 3. The Bertz CT molecular complexity index is 1070. The molecule has 0 amide bonds. The van der Waals surface area contributed by atoms with Crippen molar-refractivity contribution in [2.45, 2.75) is 13.1 Å². The van der Waals surface area contributed by atoms with Gasteiger partial charge >= 0.3 is 0 Å². The first-order valence-corrected chi connectivity index (χ1v) is 8.78. The molecule has 4 heterocycles. The third-order valence-corrected chi connectivity index (χ3v) is 4.30. The molecule has 4 aromatic heterocycles. The van der Waals surface area contributed by atoms with E-state index < -0.39 is 0 Å². The number of pyridine rings is 2. The van der Waals surface area contributed by atoms with Crippen molar-refractivity contribution >= 4 is 17.2 Å². The zero-order valence-corrected chi connectivity index (χ0v) is 15.4. The van der Waals surface area contributed by atoms with Crippen LogP contribution in [-0.4, -0.2) is 43.1 Å². The second-order valence-corrected chi connectivity index (χ2v) is 6.18. The Kier molecular flexibility index (Phi) is 5.13. The molecule has 0 aliphatic carbocycles. The lowest BCUT2D eigenvalue weighted by Gasteiger charge is -2.12. The topological polar surface area (TPSA) is 120 Å². The second-order valence-electron chi connectivity index (χ2n) is 6.18. The van der Waals surface area contributed by atoms with Crippen LogP contribution in [0.15, 0.2) is 49.2 Å². The summed E-state index contributed by atoms with van der Waals surface area (Å²) < 4.78 is 8.65. The van der Waals surface area contributed by atoms with Crippen LogP contribution in [0.25, 0.3) is 16.9 Å². The molecule has 4 rings (SSSR count). The number of nitrogens with zero attached hydrogens (tertiary/aromatic N) is 6. The first-order valence-electron chi connectivity index (χ1n) is 8.78. The van der Waals surface area contributed by atoms with Crippen molar-refractivity contribution in [3.05, 3.63) is 54.7 Å². The molecule has 0 fully saturated rings. The Morgan fingerprint density at radius 3 is 2.93 bits per heavy atom. The van der Waals surface area contributed by atoms with Gasteiger partial charge in [-0.25, -0.2) is 14.5 Å². The van der Waals surface area contributed by atoms with Crippen LogP contribution in [0.4, 0.5) is 11.5 Å². The molecule has 144 valence electrons. The molecule has 0 aliphatic heterocycles. The van der Waals surface area contributed by atoms with Gasteiger partial charge in [-0.15, -0.1) is 0 Å². The molecule has 0 unspecified atom stereocenters. The summed E-state index contributed by atoms with van der Waals surface area (Å²) in [5.41, 5.74) is 6.96. The lowest BCUT2D eigenvalue weighted by atomic mass is 10.2. The first-order chi connectivity index (χ1) is 13.8. The van der Waals surface area contributed by atoms with Gasteiger partial charge in [0.15, 0.2) is 11.5 Å². The molecule has 10 nitrogen and oxygen atoms in total. The maximum atomic E-state index is 5.65. The van der Waals surface area contributed by atoms with E-state index in [0.717, 1.165) is 22.5 Å². The number of ether oxygens (including phenoxy) is 1. The Morgan fingerprint density at radius 1 is 1.14 bits per heavy atom. The highest BCUT2D eigenvalue weighted by atomic mass is 16.5. The van der Waals surface area contributed by atoms with Crippen molar-refractivity contribution in [1.82, 2.24) is 29.4 Å². The van der Waals surface area contributed by atoms with Crippen LogP contribution in [0, 0.1) is 0 Å². The summed E-state index contributed by atoms with van der Waals surface area (Å²) in [5, 5.41) is 11.8. The van der Waals surface area contributed by atoms with E-state index in [9.17, 15) is 0 Å². The van der Waals surface area contributed by atoms with Crippen molar-refractivity contribution < 1.29 is 4.74 Å². The van der Waals surface area contributed by atoms with Gasteiger partial charge in [-0.1, -0.05) is 6.07 Å². The van der Waals surface area contributed by atoms with Crippen molar-refractivity contribution in [3.63, 3.8) is 0 Å². The molecule has 0 aromatic carbocycles. The molecule has 0 bridgehead atoms. The van der Waals surface area contributed by atoms with Crippen LogP contribution in [0.5, 0.6) is 0 Å². The maximum absolute atomic E-state index is 5.65. The van der Waals surface area contributed by atoms with E-state index in [1.165, 1.54) is 6.33 Å². The van der Waals surface area contributed by atoms with Crippen molar-refractivity contribution in [2.75, 3.05) is 24.5 Å². The highest BCUT2D eigenvalue weighted by molar-refractivity contribution is 5.70. The minimum atomic E-state index is 0.564. The van der Waals surface area contributed by atoms with E-state index in [2.05, 4.69) is 25.9 Å². The monoisotopic (exact) mass is 379 g/mol. The number of nitrogen functional groups attached to an aromatic ring is 1. The summed E-state index contributed by atoms with van der Waals surface area (Å²) in [6, 6.07) is 7.71. The number of rotatable bonds is 8. The molecule has 28 heavy (non-hydrogen) atoms. The standard InChI is InChI=1S/C18H21N9O/c1-28-7-6-26-11-14(9-22-26)15-3-4-16(25-19)18(24-15)20-8-13-2-5-17-21-12-23-27(17)10-13/h2-5,9-12,25H,6-8,19H2,1H3,(H,20,24). The fourth-order valence-electron chi connectivity index (χ4n) is 2.82. The predicted molar refractivity (Wildman–Crippen MR) is 105 cm³/mol. The lowest BCUT2D eigenvalue weighted by molar-refractivity contribution is 0.183. The predicted octanol–water partition coefficient (Wildman–Crippen LogP) is 1.53. The molecule has 4 N–H and O–H groups in total. The van der Waals surface area contributed by atoms with Gasteiger partial charge in [0.05, 0.1) is 30.7 Å². The average molecular weight is 379 g/mol. The van der Waals surface area contributed by atoms with Crippen molar-refractivity contribution in [3.8, 4) is 11.3 Å². The van der Waals surface area contributed by atoms with Crippen molar-refractivity contribution in [2.24, 2.45) is 5.84 Å². The molecule has 0 radical (unpaired) electrons. The van der Waals surface area contributed by atoms with Gasteiger partial charge in [-0.05, 0) is 23.8 Å². The number of fused-ring (bicyclic) bond motifs is 1. The summed E-state index contributed by atoms with van der Waals surface area (Å²) in [7, 11) is 1.67. The Hall–Kier alpha value is -3.50. The van der Waals surface area contributed by atoms with Crippen LogP contribution < -0.4 is 16.6 Å². The zero-order chi connectivity index (χ0) is 19.3. The van der Waals surface area contributed by atoms with E-state index in [0.29, 0.717) is 31.2 Å². The average Bonchev–Trinajstić information content (AvgIpc) is 3.39. The van der Waals surface area contributed by atoms with Gasteiger partial charge in [0.1, 0.15) is 6.33 Å². The number of hydrazine groups is 1. The Balaban J connectivity index is 1.53. The fourth-order valence-corrected chi connectivity index (χ4v) is 2.82. The minimum absolute atomic E-state index is 0.564. The molecule has 0 saturated heterocycles. The van der Waals surface area contributed by atoms with Crippen LogP contribution >= 0.6 is 0 Å². The molecule has 10 heteroatoms. The number of aromatic nitrogens is 6. The SMILES string of the molecule is COCCn1cc(-c2ccc(NN)c(NCc3ccc4ncnn4c3)n2)cn1. The Labute approximate surface area is 161 Å². The second kappa shape index (κ2) is 8.03. The van der Waals surface area contributed by atoms with Crippen LogP contribution in [-0.2, 0) is 17.8 Å². The number of nitrogens with two attached hydrogens (primary N) is 1. The third kappa shape index (κ3) is 3.77. The van der Waals surface area contributed by atoms with E-state index in [4.69, 9.17) is 15.6 Å². The number of hydrogen-bond acceptors (Lipinski definition) is 8. The maximum Gasteiger partial charge on any atom is 0.155 e. The highest BCUT2D eigenvalue weighted by Crippen LogP contribution is 2.25. The molecular weight excluding hydrogens is 358 g/mol. The van der Waals surface area contributed by atoms with Gasteiger partial charge in [-0.2, -0.15) is 10.2 Å². The van der Waals surface area contributed by atoms with Crippen LogP contribution in [0.2, 0.25) is 0 Å². The summed E-state index contributed by atoms with van der Waals surface area (Å²) >= 11 is 0. The fraction of sp³-hybridized carbons (Fsp3) is 0.222. The summed E-state index contributed by atoms with van der Waals surface area (Å²) in [6.45, 7) is 1.86. The normalized spacial score (nSPS) is 11.1. The van der Waals surface area contributed by atoms with Gasteiger partial charge in [0.2, 0.25) is 0 Å². The largest absolute Gasteiger partial charge is 0.383 e. The zero-order valence-electron chi connectivity index (χ0n) is 15.4. The summed E-state index contributed by atoms with van der Waals surface area (Å²) in [4.78, 5) is 8.85. The van der Waals surface area contributed by atoms with E-state index in [1.54, 1.807) is 17.8 Å². The van der Waals surface area contributed by atoms with Crippen LogP contribution in [0.3, 0.4) is 0 Å². The van der Waals surface area contributed by atoms with Gasteiger partial charge < -0.3 is 15.5 Å². The molecule has 0 aliphatic rings. The summed E-state index contributed by atoms with van der Waals surface area (Å²) in [5.74, 6) is 6.30. The van der Waals surface area contributed by atoms with Gasteiger partial charge in [0.25, 0.3) is 0 Å².